The van der Waals surface area contributed by atoms with Crippen molar-refractivity contribution >= 4 is 5.69 Å². The lowest BCUT2D eigenvalue weighted by atomic mass is 10.2. The monoisotopic (exact) mass is 246 g/mol. The molecule has 0 radical (unpaired) electrons. The summed E-state index contributed by atoms with van der Waals surface area (Å²) in [5, 5.41) is 10.5. The van der Waals surface area contributed by atoms with Gasteiger partial charge in [-0.3, -0.25) is 5.10 Å². The molecule has 0 bridgehead atoms. The van der Waals surface area contributed by atoms with Gasteiger partial charge in [0.15, 0.2) is 0 Å². The Morgan fingerprint density at radius 1 is 1.22 bits per heavy atom. The van der Waals surface area contributed by atoms with Gasteiger partial charge in [-0.05, 0) is 26.8 Å². The summed E-state index contributed by atoms with van der Waals surface area (Å²) in [6.45, 7) is 6.72. The van der Waals surface area contributed by atoms with E-state index in [0.717, 1.165) is 29.3 Å². The van der Waals surface area contributed by atoms with Gasteiger partial charge in [0.25, 0.3) is 0 Å². The Hall–Kier alpha value is -2.04. The van der Waals surface area contributed by atoms with Crippen LogP contribution in [0.3, 0.4) is 0 Å². The maximum absolute atomic E-state index is 5.08. The summed E-state index contributed by atoms with van der Waals surface area (Å²) in [5.41, 5.74) is 5.26. The van der Waals surface area contributed by atoms with Gasteiger partial charge in [-0.2, -0.15) is 5.10 Å². The number of aromatic amines is 1. The number of nitrogens with zero attached hydrogens (tertiary/aromatic N) is 2. The molecule has 0 unspecified atom stereocenters. The van der Waals surface area contributed by atoms with Gasteiger partial charge in [0, 0.05) is 23.9 Å². The van der Waals surface area contributed by atoms with Crippen LogP contribution >= 0.6 is 0 Å². The number of hydrogen-bond acceptors (Lipinski definition) is 4. The third-order valence-corrected chi connectivity index (χ3v) is 3.01. The molecule has 0 amide bonds. The highest BCUT2D eigenvalue weighted by atomic mass is 16.5. The number of pyridine rings is 1. The van der Waals surface area contributed by atoms with Crippen LogP contribution in [0.15, 0.2) is 12.1 Å². The number of aromatic nitrogens is 3. The van der Waals surface area contributed by atoms with Gasteiger partial charge in [-0.1, -0.05) is 0 Å². The highest BCUT2D eigenvalue weighted by molar-refractivity contribution is 5.49. The average molecular weight is 246 g/mol. The number of nitrogens with one attached hydrogen (secondary N) is 2. The molecule has 0 aliphatic rings. The van der Waals surface area contributed by atoms with Gasteiger partial charge in [-0.25, -0.2) is 4.98 Å². The zero-order chi connectivity index (χ0) is 13.1. The maximum atomic E-state index is 5.08. The summed E-state index contributed by atoms with van der Waals surface area (Å²) in [6, 6.07) is 3.83. The molecule has 0 aliphatic heterocycles. The number of hydrogen-bond donors (Lipinski definition) is 2. The molecule has 0 atom stereocenters. The molecule has 0 saturated heterocycles. The average Bonchev–Trinajstić information content (AvgIpc) is 2.68. The van der Waals surface area contributed by atoms with Crippen molar-refractivity contribution in [1.82, 2.24) is 15.2 Å². The Morgan fingerprint density at radius 2 is 2.00 bits per heavy atom. The van der Waals surface area contributed by atoms with Crippen LogP contribution in [0.1, 0.15) is 22.6 Å². The molecule has 0 saturated carbocycles. The molecule has 2 N–H and O–H groups in total. The van der Waals surface area contributed by atoms with Crippen LogP contribution < -0.4 is 10.1 Å². The van der Waals surface area contributed by atoms with Crippen LogP contribution in [0.25, 0.3) is 0 Å². The molecule has 18 heavy (non-hydrogen) atoms. The van der Waals surface area contributed by atoms with Gasteiger partial charge in [0.05, 0.1) is 24.2 Å². The second kappa shape index (κ2) is 5.08. The van der Waals surface area contributed by atoms with Crippen LogP contribution in [-0.2, 0) is 6.54 Å². The molecule has 5 heteroatoms. The minimum absolute atomic E-state index is 0.633. The van der Waals surface area contributed by atoms with Gasteiger partial charge in [0.2, 0.25) is 5.88 Å². The van der Waals surface area contributed by atoms with Gasteiger partial charge in [0.1, 0.15) is 0 Å². The molecule has 96 valence electrons. The largest absolute Gasteiger partial charge is 0.481 e. The lowest BCUT2D eigenvalue weighted by Gasteiger charge is -2.10. The third kappa shape index (κ3) is 2.45. The van der Waals surface area contributed by atoms with Crippen molar-refractivity contribution in [3.63, 3.8) is 0 Å². The van der Waals surface area contributed by atoms with E-state index in [1.165, 1.54) is 5.56 Å². The summed E-state index contributed by atoms with van der Waals surface area (Å²) in [5.74, 6) is 0.633. The normalized spacial score (nSPS) is 10.4. The Labute approximate surface area is 107 Å². The van der Waals surface area contributed by atoms with Crippen molar-refractivity contribution in [2.24, 2.45) is 0 Å². The lowest BCUT2D eigenvalue weighted by Crippen LogP contribution is -2.04. The first-order valence-corrected chi connectivity index (χ1v) is 5.87. The predicted octanol–water partition coefficient (Wildman–Crippen LogP) is 2.35. The van der Waals surface area contributed by atoms with Crippen LogP contribution in [0, 0.1) is 20.8 Å². The summed E-state index contributed by atoms with van der Waals surface area (Å²) < 4.78 is 5.08. The Kier molecular flexibility index (Phi) is 3.50. The fraction of sp³-hybridized carbons (Fsp3) is 0.385. The lowest BCUT2D eigenvalue weighted by molar-refractivity contribution is 0.397. The fourth-order valence-electron chi connectivity index (χ4n) is 1.86. The van der Waals surface area contributed by atoms with E-state index in [9.17, 15) is 0 Å². The van der Waals surface area contributed by atoms with Crippen molar-refractivity contribution < 1.29 is 4.74 Å². The molecule has 2 heterocycles. The summed E-state index contributed by atoms with van der Waals surface area (Å²) in [6.07, 6.45) is 0. The zero-order valence-corrected chi connectivity index (χ0v) is 11.2. The summed E-state index contributed by atoms with van der Waals surface area (Å²) in [7, 11) is 1.62. The van der Waals surface area contributed by atoms with E-state index in [0.29, 0.717) is 5.88 Å². The molecule has 0 spiro atoms. The Balaban J connectivity index is 2.11. The first kappa shape index (κ1) is 12.4. The molecule has 0 aliphatic carbocycles. The fourth-order valence-corrected chi connectivity index (χ4v) is 1.86. The van der Waals surface area contributed by atoms with Crippen LogP contribution in [0.4, 0.5) is 5.69 Å². The first-order valence-electron chi connectivity index (χ1n) is 5.87. The highest BCUT2D eigenvalue weighted by Crippen LogP contribution is 2.18. The highest BCUT2D eigenvalue weighted by Gasteiger charge is 2.07. The Bertz CT molecular complexity index is 528. The molecule has 0 fully saturated rings. The Morgan fingerprint density at radius 3 is 2.56 bits per heavy atom. The van der Waals surface area contributed by atoms with Gasteiger partial charge in [-0.15, -0.1) is 0 Å². The van der Waals surface area contributed by atoms with Crippen molar-refractivity contribution in [1.29, 1.82) is 0 Å². The number of anilines is 1. The van der Waals surface area contributed by atoms with Crippen molar-refractivity contribution in [2.75, 3.05) is 12.4 Å². The van der Waals surface area contributed by atoms with Crippen molar-refractivity contribution in [2.45, 2.75) is 27.3 Å². The second-order valence-electron chi connectivity index (χ2n) is 4.25. The SMILES string of the molecule is COc1ccc(NCc2c(C)n[nH]c2C)c(C)n1. The van der Waals surface area contributed by atoms with E-state index < -0.39 is 0 Å². The molecule has 5 nitrogen and oxygen atoms in total. The van der Waals surface area contributed by atoms with Crippen LogP contribution in [0.5, 0.6) is 5.88 Å². The molecule has 2 aromatic heterocycles. The van der Waals surface area contributed by atoms with Crippen LogP contribution in [-0.4, -0.2) is 22.3 Å². The predicted molar refractivity (Wildman–Crippen MR) is 70.9 cm³/mol. The first-order chi connectivity index (χ1) is 8.61. The molecular weight excluding hydrogens is 228 g/mol. The van der Waals surface area contributed by atoms with Crippen LogP contribution in [0.2, 0.25) is 0 Å². The molecule has 2 aromatic rings. The zero-order valence-electron chi connectivity index (χ0n) is 11.2. The molecule has 0 aromatic carbocycles. The number of aryl methyl sites for hydroxylation is 3. The minimum Gasteiger partial charge on any atom is -0.481 e. The van der Waals surface area contributed by atoms with Gasteiger partial charge >= 0.3 is 0 Å². The van der Waals surface area contributed by atoms with E-state index in [-0.39, 0.29) is 0 Å². The summed E-state index contributed by atoms with van der Waals surface area (Å²) >= 11 is 0. The van der Waals surface area contributed by atoms with Gasteiger partial charge < -0.3 is 10.1 Å². The van der Waals surface area contributed by atoms with E-state index in [1.54, 1.807) is 7.11 Å². The van der Waals surface area contributed by atoms with Crippen molar-refractivity contribution in [3.8, 4) is 5.88 Å². The number of methoxy groups -OCH3 is 1. The van der Waals surface area contributed by atoms with E-state index in [1.807, 2.05) is 32.9 Å². The second-order valence-corrected chi connectivity index (χ2v) is 4.25. The van der Waals surface area contributed by atoms with E-state index >= 15 is 0 Å². The number of H-pyrrole nitrogens is 1. The topological polar surface area (TPSA) is 62.8 Å². The van der Waals surface area contributed by atoms with E-state index in [2.05, 4.69) is 20.5 Å². The molecular formula is C13H18N4O. The van der Waals surface area contributed by atoms with Crippen molar-refractivity contribution in [3.05, 3.63) is 34.8 Å². The number of ether oxygens (including phenoxy) is 1. The minimum atomic E-state index is 0.633. The smallest absolute Gasteiger partial charge is 0.213 e. The summed E-state index contributed by atoms with van der Waals surface area (Å²) in [4.78, 5) is 4.33. The molecule has 2 rings (SSSR count). The third-order valence-electron chi connectivity index (χ3n) is 3.01. The standard InChI is InChI=1S/C13H18N4O/c1-8-11(9(2)17-16-8)7-14-12-5-6-13(18-4)15-10(12)3/h5-6,14H,7H2,1-4H3,(H,16,17). The number of rotatable bonds is 4. The quantitative estimate of drug-likeness (QED) is 0.869. The van der Waals surface area contributed by atoms with E-state index in [4.69, 9.17) is 4.74 Å². The maximum Gasteiger partial charge on any atom is 0.213 e.